The van der Waals surface area contributed by atoms with Crippen LogP contribution in [-0.4, -0.2) is 84.2 Å². The molecule has 19 heteroatoms. The van der Waals surface area contributed by atoms with E-state index in [2.05, 4.69) is 14.6 Å². The third-order valence-corrected chi connectivity index (χ3v) is 13.3. The Kier molecular flexibility index (Phi) is 11.7. The number of hydrogen-bond donors (Lipinski definition) is 2. The van der Waals surface area contributed by atoms with Gasteiger partial charge in [-0.3, -0.25) is 18.9 Å². The summed E-state index contributed by atoms with van der Waals surface area (Å²) in [5.74, 6) is -4.28. The molecule has 2 aliphatic heterocycles. The number of ether oxygens (including phenoxy) is 2. The van der Waals surface area contributed by atoms with Gasteiger partial charge in [0.15, 0.2) is 11.6 Å². The zero-order valence-corrected chi connectivity index (χ0v) is 33.0. The number of rotatable bonds is 10. The van der Waals surface area contributed by atoms with E-state index >= 15 is 4.39 Å². The fourth-order valence-corrected chi connectivity index (χ4v) is 9.27. The SMILES string of the molecule is CCN(C)S(=O)(=O)Nc1ccc(F)c(Oc2ccc3ncn(C4COC5(CCN(C6CCC(c7ccc(NC(=O)C(F)(F)F)cc7F)CC6)CC5)C4)c(=O)c3c2)c1C#N. The minimum Gasteiger partial charge on any atom is -0.453 e. The van der Waals surface area contributed by atoms with E-state index in [1.54, 1.807) is 12.2 Å². The fourth-order valence-electron chi connectivity index (χ4n) is 8.33. The standard InChI is InChI=1S/C40H42F5N7O6S/c1-3-50(2)59(55,56)49-35-13-11-32(41)36(31(35)21-46)58-28-9-12-34-30(19-28)37(53)52(23-47-34)27-20-39(57-22-27)14-16-51(17-15-39)26-7-4-24(5-8-26)29-10-6-25(18-33(29)42)48-38(54)40(43,44)45/h6,9-13,18-19,23-24,26-27,49H,3-5,7-8,14-17,20,22H2,1-2H3,(H,48,54). The number of halogens is 5. The van der Waals surface area contributed by atoms with Gasteiger partial charge in [-0.05, 0) is 98.9 Å². The van der Waals surface area contributed by atoms with E-state index in [-0.39, 0.29) is 58.2 Å². The average Bonchev–Trinajstić information content (AvgIpc) is 3.61. The van der Waals surface area contributed by atoms with E-state index in [0.717, 1.165) is 61.3 Å². The summed E-state index contributed by atoms with van der Waals surface area (Å²) in [6.07, 6.45) is 1.55. The Morgan fingerprint density at radius 2 is 1.78 bits per heavy atom. The van der Waals surface area contributed by atoms with Gasteiger partial charge in [-0.25, -0.2) is 13.8 Å². The lowest BCUT2D eigenvalue weighted by Crippen LogP contribution is -2.49. The van der Waals surface area contributed by atoms with Gasteiger partial charge < -0.3 is 19.7 Å². The predicted molar refractivity (Wildman–Crippen MR) is 207 cm³/mol. The summed E-state index contributed by atoms with van der Waals surface area (Å²) >= 11 is 0. The van der Waals surface area contributed by atoms with Crippen LogP contribution in [0.2, 0.25) is 0 Å². The lowest BCUT2D eigenvalue weighted by Gasteiger charge is -2.44. The van der Waals surface area contributed by atoms with Crippen LogP contribution in [0.3, 0.4) is 0 Å². The molecule has 3 aromatic carbocycles. The van der Waals surface area contributed by atoms with Crippen molar-refractivity contribution in [3.63, 3.8) is 0 Å². The van der Waals surface area contributed by atoms with Gasteiger partial charge in [0, 0.05) is 38.4 Å². The molecule has 59 heavy (non-hydrogen) atoms. The monoisotopic (exact) mass is 843 g/mol. The number of aromatic nitrogens is 2. The molecular weight excluding hydrogens is 802 g/mol. The number of carbonyl (C=O) groups is 1. The van der Waals surface area contributed by atoms with Gasteiger partial charge in [0.25, 0.3) is 5.56 Å². The highest BCUT2D eigenvalue weighted by Gasteiger charge is 2.45. The first-order valence-electron chi connectivity index (χ1n) is 19.2. The molecular formula is C40H42F5N7O6S. The van der Waals surface area contributed by atoms with Crippen LogP contribution in [0, 0.1) is 23.0 Å². The van der Waals surface area contributed by atoms with Gasteiger partial charge in [-0.15, -0.1) is 0 Å². The smallest absolute Gasteiger partial charge is 0.453 e. The molecule has 1 unspecified atom stereocenters. The quantitative estimate of drug-likeness (QED) is 0.161. The molecule has 1 saturated carbocycles. The Hall–Kier alpha value is -5.16. The Balaban J connectivity index is 0.976. The highest BCUT2D eigenvalue weighted by molar-refractivity contribution is 7.90. The molecule has 1 amide bonds. The van der Waals surface area contributed by atoms with Gasteiger partial charge >= 0.3 is 22.3 Å². The van der Waals surface area contributed by atoms with Gasteiger partial charge in [-0.1, -0.05) is 13.0 Å². The molecule has 7 rings (SSSR count). The lowest BCUT2D eigenvalue weighted by molar-refractivity contribution is -0.167. The van der Waals surface area contributed by atoms with Crippen molar-refractivity contribution in [3.05, 3.63) is 88.0 Å². The van der Waals surface area contributed by atoms with Gasteiger partial charge in [-0.2, -0.15) is 31.2 Å². The van der Waals surface area contributed by atoms with Crippen LogP contribution in [0.15, 0.2) is 59.7 Å². The second-order valence-electron chi connectivity index (χ2n) is 15.3. The van der Waals surface area contributed by atoms with Crippen molar-refractivity contribution in [2.24, 2.45) is 0 Å². The Bertz CT molecular complexity index is 2460. The number of benzene rings is 3. The fraction of sp³-hybridized carbons (Fsp3) is 0.450. The van der Waals surface area contributed by atoms with E-state index < -0.39 is 45.3 Å². The van der Waals surface area contributed by atoms with Crippen LogP contribution >= 0.6 is 0 Å². The lowest BCUT2D eigenvalue weighted by atomic mass is 9.79. The van der Waals surface area contributed by atoms with Crippen LogP contribution in [0.4, 0.5) is 33.3 Å². The highest BCUT2D eigenvalue weighted by atomic mass is 32.2. The third kappa shape index (κ3) is 8.76. The molecule has 1 aromatic heterocycles. The molecule has 0 radical (unpaired) electrons. The van der Waals surface area contributed by atoms with Crippen molar-refractivity contribution in [1.29, 1.82) is 5.26 Å². The van der Waals surface area contributed by atoms with Crippen molar-refractivity contribution in [3.8, 4) is 17.6 Å². The highest BCUT2D eigenvalue weighted by Crippen LogP contribution is 2.43. The van der Waals surface area contributed by atoms with E-state index in [9.17, 15) is 40.8 Å². The van der Waals surface area contributed by atoms with E-state index in [1.165, 1.54) is 48.3 Å². The third-order valence-electron chi connectivity index (χ3n) is 11.8. The van der Waals surface area contributed by atoms with Gasteiger partial charge in [0.2, 0.25) is 0 Å². The number of amides is 1. The molecule has 3 aliphatic rings. The van der Waals surface area contributed by atoms with Crippen LogP contribution in [-0.2, 0) is 19.7 Å². The maximum atomic E-state index is 15.1. The minimum atomic E-state index is -5.07. The van der Waals surface area contributed by atoms with Crippen molar-refractivity contribution < 1.29 is 44.6 Å². The van der Waals surface area contributed by atoms with Gasteiger partial charge in [0.05, 0.1) is 41.2 Å². The van der Waals surface area contributed by atoms with Crippen LogP contribution in [0.25, 0.3) is 10.9 Å². The number of hydrogen-bond acceptors (Lipinski definition) is 9. The van der Waals surface area contributed by atoms with E-state index in [4.69, 9.17) is 9.47 Å². The number of nitrogens with one attached hydrogen (secondary N) is 2. The molecule has 13 nitrogen and oxygen atoms in total. The first-order chi connectivity index (χ1) is 28.0. The molecule has 1 atom stereocenters. The summed E-state index contributed by atoms with van der Waals surface area (Å²) < 4.78 is 110. The summed E-state index contributed by atoms with van der Waals surface area (Å²) in [5.41, 5.74) is -0.803. The summed E-state index contributed by atoms with van der Waals surface area (Å²) in [5, 5.41) is 11.8. The maximum Gasteiger partial charge on any atom is 0.471 e. The summed E-state index contributed by atoms with van der Waals surface area (Å²) in [4.78, 5) is 32.1. The molecule has 1 spiro atoms. The second kappa shape index (κ2) is 16.5. The van der Waals surface area contributed by atoms with Crippen molar-refractivity contribution in [2.45, 2.75) is 81.6 Å². The van der Waals surface area contributed by atoms with Gasteiger partial charge in [0.1, 0.15) is 23.2 Å². The number of nitrogens with zero attached hydrogens (tertiary/aromatic N) is 5. The molecule has 2 saturated heterocycles. The van der Waals surface area contributed by atoms with Crippen LogP contribution in [0.5, 0.6) is 11.5 Å². The summed E-state index contributed by atoms with van der Waals surface area (Å²) in [6.45, 7) is 3.62. The van der Waals surface area contributed by atoms with Crippen molar-refractivity contribution in [2.75, 3.05) is 43.3 Å². The van der Waals surface area contributed by atoms with E-state index in [0.29, 0.717) is 36.9 Å². The number of piperidine rings is 1. The first kappa shape index (κ1) is 42.0. The van der Waals surface area contributed by atoms with Crippen molar-refractivity contribution in [1.82, 2.24) is 18.8 Å². The number of alkyl halides is 3. The molecule has 3 fully saturated rings. The Morgan fingerprint density at radius 3 is 2.44 bits per heavy atom. The maximum absolute atomic E-state index is 15.1. The average molecular weight is 844 g/mol. The molecule has 3 heterocycles. The molecule has 4 aromatic rings. The number of fused-ring (bicyclic) bond motifs is 1. The zero-order valence-electron chi connectivity index (χ0n) is 32.2. The second-order valence-corrected chi connectivity index (χ2v) is 17.0. The first-order valence-corrected chi connectivity index (χ1v) is 20.7. The normalized spacial score (nSPS) is 21.1. The molecule has 314 valence electrons. The number of carbonyl (C=O) groups excluding carboxylic acids is 1. The number of anilines is 2. The molecule has 2 N–H and O–H groups in total. The molecule has 0 bridgehead atoms. The zero-order chi connectivity index (χ0) is 42.3. The minimum absolute atomic E-state index is 0.0358. The topological polar surface area (TPSA) is 159 Å². The van der Waals surface area contributed by atoms with Crippen LogP contribution in [0.1, 0.15) is 75.0 Å². The Labute approximate surface area is 336 Å². The van der Waals surface area contributed by atoms with Crippen molar-refractivity contribution >= 4 is 38.4 Å². The predicted octanol–water partition coefficient (Wildman–Crippen LogP) is 6.97. The molecule has 1 aliphatic carbocycles. The van der Waals surface area contributed by atoms with E-state index in [1.807, 2.05) is 6.07 Å². The largest absolute Gasteiger partial charge is 0.471 e. The van der Waals surface area contributed by atoms with Crippen LogP contribution < -0.4 is 20.3 Å². The number of nitriles is 1. The summed E-state index contributed by atoms with van der Waals surface area (Å²) in [7, 11) is -2.69. The number of likely N-dealkylation sites (tertiary alicyclic amines) is 1. The summed E-state index contributed by atoms with van der Waals surface area (Å²) in [6, 6.07) is 12.0. The Morgan fingerprint density at radius 1 is 1.05 bits per heavy atom.